The molecule has 0 bridgehead atoms. The van der Waals surface area contributed by atoms with Gasteiger partial charge in [0.15, 0.2) is 17.2 Å². The zero-order valence-electron chi connectivity index (χ0n) is 21.7. The highest BCUT2D eigenvalue weighted by atomic mass is 16.5. The summed E-state index contributed by atoms with van der Waals surface area (Å²) in [6, 6.07) is 5.70. The predicted molar refractivity (Wildman–Crippen MR) is 143 cm³/mol. The number of nitrogens with one attached hydrogen (secondary N) is 4. The highest BCUT2D eigenvalue weighted by molar-refractivity contribution is 6.02. The number of methoxy groups -OCH3 is 1. The molecule has 0 spiro atoms. The van der Waals surface area contributed by atoms with Crippen molar-refractivity contribution in [2.45, 2.75) is 44.8 Å². The second-order valence-electron chi connectivity index (χ2n) is 9.74. The molecule has 0 atom stereocenters. The minimum absolute atomic E-state index is 0.0755. The van der Waals surface area contributed by atoms with Crippen LogP contribution < -0.4 is 10.6 Å². The average Bonchev–Trinajstić information content (AvgIpc) is 3.46. The number of amides is 1. The number of likely N-dealkylation sites (tertiary alicyclic amines) is 1. The van der Waals surface area contributed by atoms with Crippen LogP contribution in [-0.4, -0.2) is 73.2 Å². The quantitative estimate of drug-likeness (QED) is 0.252. The van der Waals surface area contributed by atoms with Gasteiger partial charge in [-0.2, -0.15) is 10.2 Å². The second kappa shape index (κ2) is 10.6. The number of H-pyrrole nitrogens is 1. The first-order chi connectivity index (χ1) is 18.3. The van der Waals surface area contributed by atoms with E-state index in [1.807, 2.05) is 37.5 Å². The van der Waals surface area contributed by atoms with Gasteiger partial charge in [-0.15, -0.1) is 0 Å². The number of nitrogens with zero attached hydrogens (tertiary/aromatic N) is 6. The number of hydrogen-bond donors (Lipinski definition) is 4. The minimum Gasteiger partial charge on any atom is -0.365 e. The number of aromatic nitrogens is 5. The van der Waals surface area contributed by atoms with Crippen molar-refractivity contribution in [3.8, 4) is 5.82 Å². The highest BCUT2D eigenvalue weighted by Gasteiger charge is 2.50. The fraction of sp³-hybridized carbons (Fsp3) is 0.385. The number of carbonyl (C=O) groups is 1. The Kier molecular flexibility index (Phi) is 7.05. The largest absolute Gasteiger partial charge is 0.365 e. The molecule has 0 radical (unpaired) electrons. The maximum absolute atomic E-state index is 12.9. The summed E-state index contributed by atoms with van der Waals surface area (Å²) in [6.45, 7) is 4.55. The number of hydrogen-bond acceptors (Lipinski definition) is 7. The number of guanidine groups is 1. The molecule has 12 heteroatoms. The van der Waals surface area contributed by atoms with Crippen molar-refractivity contribution < 1.29 is 9.53 Å². The summed E-state index contributed by atoms with van der Waals surface area (Å²) in [5, 5.41) is 25.6. The molecule has 0 unspecified atom stereocenters. The molecule has 3 aromatic rings. The van der Waals surface area contributed by atoms with Crippen LogP contribution in [0.4, 0.5) is 5.82 Å². The normalized spacial score (nSPS) is 16.9. The Balaban J connectivity index is 1.09. The number of aryl methyl sites for hydroxylation is 1. The highest BCUT2D eigenvalue weighted by Crippen LogP contribution is 2.39. The fourth-order valence-corrected chi connectivity index (χ4v) is 4.19. The van der Waals surface area contributed by atoms with Crippen LogP contribution in [0.5, 0.6) is 0 Å². The molecule has 2 aliphatic rings. The molecule has 38 heavy (non-hydrogen) atoms. The van der Waals surface area contributed by atoms with E-state index in [0.29, 0.717) is 24.0 Å². The molecular formula is C26H32N10O2. The number of allylic oxidation sites excluding steroid dienone is 1. The Morgan fingerprint density at radius 2 is 2.16 bits per heavy atom. The van der Waals surface area contributed by atoms with Gasteiger partial charge in [-0.05, 0) is 55.9 Å². The lowest BCUT2D eigenvalue weighted by Gasteiger charge is -2.47. The third kappa shape index (κ3) is 5.65. The first-order valence-electron chi connectivity index (χ1n) is 12.5. The number of carbonyl (C=O) groups excluding carboxylic acids is 1. The smallest absolute Gasteiger partial charge is 0.256 e. The van der Waals surface area contributed by atoms with Crippen LogP contribution >= 0.6 is 0 Å². The summed E-state index contributed by atoms with van der Waals surface area (Å²) >= 11 is 0. The van der Waals surface area contributed by atoms with E-state index in [0.717, 1.165) is 17.1 Å². The molecule has 2 fully saturated rings. The van der Waals surface area contributed by atoms with E-state index in [1.54, 1.807) is 35.0 Å². The molecule has 1 saturated heterocycles. The molecule has 12 nitrogen and oxygen atoms in total. The third-order valence-corrected chi connectivity index (χ3v) is 6.69. The number of anilines is 1. The first-order valence-corrected chi connectivity index (χ1v) is 12.5. The summed E-state index contributed by atoms with van der Waals surface area (Å²) < 4.78 is 7.35. The maximum atomic E-state index is 12.9. The summed E-state index contributed by atoms with van der Waals surface area (Å²) in [4.78, 5) is 23.4. The molecule has 5 rings (SSSR count). The summed E-state index contributed by atoms with van der Waals surface area (Å²) in [5.41, 5.74) is 2.71. The number of pyridine rings is 1. The van der Waals surface area contributed by atoms with Gasteiger partial charge in [0.05, 0.1) is 19.3 Å². The first kappa shape index (κ1) is 25.3. The minimum atomic E-state index is -1.02. The van der Waals surface area contributed by atoms with E-state index < -0.39 is 5.60 Å². The van der Waals surface area contributed by atoms with Gasteiger partial charge in [0, 0.05) is 49.7 Å². The summed E-state index contributed by atoms with van der Waals surface area (Å²) in [7, 11) is 1.51. The van der Waals surface area contributed by atoms with E-state index in [1.165, 1.54) is 25.5 Å². The molecule has 4 heterocycles. The molecule has 3 aromatic heterocycles. The van der Waals surface area contributed by atoms with Gasteiger partial charge in [0.1, 0.15) is 0 Å². The second-order valence-corrected chi connectivity index (χ2v) is 9.74. The lowest BCUT2D eigenvalue weighted by atomic mass is 9.93. The Morgan fingerprint density at radius 3 is 2.82 bits per heavy atom. The molecule has 1 saturated carbocycles. The van der Waals surface area contributed by atoms with Crippen LogP contribution in [-0.2, 0) is 16.1 Å². The van der Waals surface area contributed by atoms with Gasteiger partial charge in [-0.1, -0.05) is 6.07 Å². The summed E-state index contributed by atoms with van der Waals surface area (Å²) in [5.74, 6) is 1.93. The van der Waals surface area contributed by atoms with E-state index >= 15 is 0 Å². The third-order valence-electron chi connectivity index (χ3n) is 6.69. The number of ether oxygens (including phenoxy) is 1. The Bertz CT molecular complexity index is 1360. The molecule has 0 aromatic carbocycles. The fourth-order valence-electron chi connectivity index (χ4n) is 4.19. The zero-order valence-corrected chi connectivity index (χ0v) is 21.7. The van der Waals surface area contributed by atoms with E-state index in [-0.39, 0.29) is 25.0 Å². The standard InChI is InChI=1S/C26H32N10O2/c1-17(8-9-28-22-10-18(2)33-34-22)32-25(27)35-15-26(16-35,38-3)24(37)30-12-19-4-7-23(29-11-19)36-14-21(13-31-36)20-5-6-20/h4,7-11,13-14,20,27H,5-6,12,15-16H2,1-3H3,(H,30,37)(H2,28,33,34)/b9-8+,27-25?,32-17-. The molecule has 1 aliphatic carbocycles. The lowest BCUT2D eigenvalue weighted by Crippen LogP contribution is -2.70. The maximum Gasteiger partial charge on any atom is 0.256 e. The van der Waals surface area contributed by atoms with Gasteiger partial charge in [0.25, 0.3) is 5.91 Å². The van der Waals surface area contributed by atoms with E-state index in [4.69, 9.17) is 10.1 Å². The lowest BCUT2D eigenvalue weighted by molar-refractivity contribution is -0.159. The molecule has 198 valence electrons. The number of rotatable bonds is 9. The van der Waals surface area contributed by atoms with Gasteiger partial charge >= 0.3 is 0 Å². The van der Waals surface area contributed by atoms with Crippen LogP contribution in [0.1, 0.15) is 42.5 Å². The van der Waals surface area contributed by atoms with Gasteiger partial charge in [-0.3, -0.25) is 15.3 Å². The van der Waals surface area contributed by atoms with Crippen molar-refractivity contribution in [1.29, 1.82) is 5.41 Å². The number of aliphatic imine (C=N–C) groups is 1. The van der Waals surface area contributed by atoms with Gasteiger partial charge in [0.2, 0.25) is 5.96 Å². The zero-order chi connectivity index (χ0) is 26.7. The van der Waals surface area contributed by atoms with Crippen molar-refractivity contribution in [3.63, 3.8) is 0 Å². The Labute approximate surface area is 220 Å². The average molecular weight is 517 g/mol. The molecular weight excluding hydrogens is 484 g/mol. The molecule has 1 amide bonds. The Morgan fingerprint density at radius 1 is 1.34 bits per heavy atom. The Hall–Kier alpha value is -4.32. The van der Waals surface area contributed by atoms with E-state index in [9.17, 15) is 4.79 Å². The van der Waals surface area contributed by atoms with Crippen LogP contribution in [0.25, 0.3) is 5.82 Å². The van der Waals surface area contributed by atoms with Crippen LogP contribution in [0.15, 0.2) is 54.1 Å². The van der Waals surface area contributed by atoms with Crippen molar-refractivity contribution in [3.05, 3.63) is 65.9 Å². The van der Waals surface area contributed by atoms with Gasteiger partial charge < -0.3 is 20.3 Å². The van der Waals surface area contributed by atoms with Gasteiger partial charge in [-0.25, -0.2) is 14.7 Å². The van der Waals surface area contributed by atoms with Crippen LogP contribution in [0.2, 0.25) is 0 Å². The predicted octanol–water partition coefficient (Wildman–Crippen LogP) is 2.51. The summed E-state index contributed by atoms with van der Waals surface area (Å²) in [6.07, 6.45) is 11.6. The molecule has 4 N–H and O–H groups in total. The van der Waals surface area contributed by atoms with Crippen LogP contribution in [0.3, 0.4) is 0 Å². The van der Waals surface area contributed by atoms with Crippen molar-refractivity contribution in [2.24, 2.45) is 4.99 Å². The van der Waals surface area contributed by atoms with Crippen molar-refractivity contribution >= 4 is 23.4 Å². The van der Waals surface area contributed by atoms with Crippen molar-refractivity contribution in [2.75, 3.05) is 25.5 Å². The van der Waals surface area contributed by atoms with Crippen LogP contribution in [0, 0.1) is 12.3 Å². The molecule has 1 aliphatic heterocycles. The topological polar surface area (TPSA) is 149 Å². The van der Waals surface area contributed by atoms with E-state index in [2.05, 4.69) is 35.9 Å². The van der Waals surface area contributed by atoms with Crippen molar-refractivity contribution in [1.82, 2.24) is 35.2 Å². The monoisotopic (exact) mass is 516 g/mol. The SMILES string of the molecule is COC1(C(=O)NCc2ccc(-n3cc(C4CC4)cn3)nc2)CN(C(=N)/N=C(C)\C=C\Nc2cc(C)[nH]n2)C1. The number of aromatic amines is 1.